The Kier molecular flexibility index (Phi) is 6.31. The van der Waals surface area contributed by atoms with E-state index in [-0.39, 0.29) is 11.8 Å². The van der Waals surface area contributed by atoms with Crippen LogP contribution in [0.2, 0.25) is 0 Å². The van der Waals surface area contributed by atoms with Crippen molar-refractivity contribution >= 4 is 17.2 Å². The number of thiophene rings is 1. The molecule has 2 N–H and O–H groups in total. The van der Waals surface area contributed by atoms with Gasteiger partial charge in [0.05, 0.1) is 6.04 Å². The van der Waals surface area contributed by atoms with Crippen LogP contribution in [0.5, 0.6) is 0 Å². The molecule has 2 fully saturated rings. The van der Waals surface area contributed by atoms with E-state index in [9.17, 15) is 4.79 Å². The van der Waals surface area contributed by atoms with Crippen molar-refractivity contribution in [3.63, 3.8) is 0 Å². The molecule has 0 radical (unpaired) electrons. The Balaban J connectivity index is 1.59. The van der Waals surface area contributed by atoms with Gasteiger partial charge in [-0.15, -0.1) is 11.3 Å². The van der Waals surface area contributed by atoms with Crippen molar-refractivity contribution in [2.75, 3.05) is 26.2 Å². The van der Waals surface area contributed by atoms with Gasteiger partial charge in [-0.1, -0.05) is 13.0 Å². The van der Waals surface area contributed by atoms with Crippen LogP contribution in [0.3, 0.4) is 0 Å². The number of hydrogen-bond donors (Lipinski definition) is 2. The highest BCUT2D eigenvalue weighted by atomic mass is 32.1. The number of nitrogens with zero attached hydrogens (tertiary/aromatic N) is 1. The van der Waals surface area contributed by atoms with Crippen LogP contribution in [0.25, 0.3) is 0 Å². The van der Waals surface area contributed by atoms with Gasteiger partial charge in [0, 0.05) is 23.4 Å². The van der Waals surface area contributed by atoms with Crippen molar-refractivity contribution in [3.05, 3.63) is 22.4 Å². The molecule has 2 saturated heterocycles. The fourth-order valence-corrected chi connectivity index (χ4v) is 4.80. The lowest BCUT2D eigenvalue weighted by molar-refractivity contribution is -0.126. The molecule has 0 bridgehead atoms. The molecule has 2 aliphatic heterocycles. The Morgan fingerprint density at radius 1 is 1.38 bits per heavy atom. The Morgan fingerprint density at radius 2 is 2.17 bits per heavy atom. The van der Waals surface area contributed by atoms with Gasteiger partial charge >= 0.3 is 0 Å². The molecule has 3 rings (SSSR count). The van der Waals surface area contributed by atoms with Gasteiger partial charge in [-0.05, 0) is 69.6 Å². The minimum absolute atomic E-state index is 0.173. The normalized spacial score (nSPS) is 27.8. The first-order valence-corrected chi connectivity index (χ1v) is 10.3. The molecule has 0 aromatic carbocycles. The Labute approximate surface area is 150 Å². The maximum atomic E-state index is 12.6. The maximum Gasteiger partial charge on any atom is 0.223 e. The molecule has 1 amide bonds. The average molecular weight is 350 g/mol. The molecular weight excluding hydrogens is 318 g/mol. The summed E-state index contributed by atoms with van der Waals surface area (Å²) in [6, 6.07) is 5.12. The predicted molar refractivity (Wildman–Crippen MR) is 100 cm³/mol. The van der Waals surface area contributed by atoms with Crippen LogP contribution in [0, 0.1) is 11.8 Å². The SMILES string of the molecule is CC1CCN(C(CNC(=O)[C@H]2CCN[C@@H](C)C2)c2cccs2)CC1. The number of likely N-dealkylation sites (tertiary alicyclic amines) is 1. The second-order valence-corrected chi connectivity index (χ2v) is 8.55. The number of piperidine rings is 2. The van der Waals surface area contributed by atoms with E-state index >= 15 is 0 Å². The predicted octanol–water partition coefficient (Wildman–Crippen LogP) is 3.03. The summed E-state index contributed by atoms with van der Waals surface area (Å²) in [6.45, 7) is 8.50. The van der Waals surface area contributed by atoms with E-state index < -0.39 is 0 Å². The molecule has 1 unspecified atom stereocenters. The molecule has 3 heterocycles. The van der Waals surface area contributed by atoms with Gasteiger partial charge in [-0.3, -0.25) is 9.69 Å². The fourth-order valence-electron chi connectivity index (χ4n) is 3.94. The summed E-state index contributed by atoms with van der Waals surface area (Å²) >= 11 is 1.81. The smallest absolute Gasteiger partial charge is 0.223 e. The second-order valence-electron chi connectivity index (χ2n) is 7.57. The number of amides is 1. The summed E-state index contributed by atoms with van der Waals surface area (Å²) in [6.07, 6.45) is 4.45. The van der Waals surface area contributed by atoms with E-state index in [0.717, 1.165) is 44.9 Å². The molecule has 0 spiro atoms. The van der Waals surface area contributed by atoms with Crippen LogP contribution in [0.15, 0.2) is 17.5 Å². The van der Waals surface area contributed by atoms with Gasteiger partial charge in [-0.2, -0.15) is 0 Å². The van der Waals surface area contributed by atoms with Crippen molar-refractivity contribution in [3.8, 4) is 0 Å². The quantitative estimate of drug-likeness (QED) is 0.859. The largest absolute Gasteiger partial charge is 0.354 e. The summed E-state index contributed by atoms with van der Waals surface area (Å²) in [7, 11) is 0. The van der Waals surface area contributed by atoms with Crippen LogP contribution in [0.4, 0.5) is 0 Å². The topological polar surface area (TPSA) is 44.4 Å². The molecular formula is C19H31N3OS. The third kappa shape index (κ3) is 4.58. The van der Waals surface area contributed by atoms with Crippen molar-refractivity contribution in [2.45, 2.75) is 51.6 Å². The minimum atomic E-state index is 0.173. The maximum absolute atomic E-state index is 12.6. The lowest BCUT2D eigenvalue weighted by Gasteiger charge is -2.37. The number of rotatable bonds is 5. The van der Waals surface area contributed by atoms with E-state index in [0.29, 0.717) is 12.1 Å². The summed E-state index contributed by atoms with van der Waals surface area (Å²) in [5.41, 5.74) is 0. The van der Waals surface area contributed by atoms with Crippen LogP contribution in [-0.2, 0) is 4.79 Å². The van der Waals surface area contributed by atoms with E-state index in [4.69, 9.17) is 0 Å². The van der Waals surface area contributed by atoms with Gasteiger partial charge in [0.25, 0.3) is 0 Å². The van der Waals surface area contributed by atoms with E-state index in [1.807, 2.05) is 11.3 Å². The molecule has 24 heavy (non-hydrogen) atoms. The molecule has 0 saturated carbocycles. The zero-order valence-electron chi connectivity index (χ0n) is 15.0. The summed E-state index contributed by atoms with van der Waals surface area (Å²) in [4.78, 5) is 16.5. The number of carbonyl (C=O) groups excluding carboxylic acids is 1. The highest BCUT2D eigenvalue weighted by molar-refractivity contribution is 7.10. The molecule has 5 heteroatoms. The van der Waals surface area contributed by atoms with Crippen LogP contribution in [-0.4, -0.2) is 43.0 Å². The summed E-state index contributed by atoms with van der Waals surface area (Å²) in [5, 5.41) is 8.84. The Bertz CT molecular complexity index is 511. The van der Waals surface area contributed by atoms with Crippen molar-refractivity contribution in [1.29, 1.82) is 0 Å². The molecule has 1 aromatic heterocycles. The lowest BCUT2D eigenvalue weighted by atomic mass is 9.92. The zero-order valence-corrected chi connectivity index (χ0v) is 15.8. The van der Waals surface area contributed by atoms with E-state index in [1.54, 1.807) is 0 Å². The Hall–Kier alpha value is -0.910. The summed E-state index contributed by atoms with van der Waals surface area (Å²) in [5.74, 6) is 1.25. The standard InChI is InChI=1S/C19H31N3OS/c1-14-6-9-22(10-7-14)17(18-4-3-11-24-18)13-21-19(23)16-5-8-20-15(2)12-16/h3-4,11,14-17,20H,5-10,12-13H2,1-2H3,(H,21,23)/t15-,16-,17?/m0/s1. The van der Waals surface area contributed by atoms with Gasteiger partial charge in [0.2, 0.25) is 5.91 Å². The van der Waals surface area contributed by atoms with E-state index in [2.05, 4.69) is 46.9 Å². The third-order valence-corrected chi connectivity index (χ3v) is 6.57. The van der Waals surface area contributed by atoms with Gasteiger partial charge in [-0.25, -0.2) is 0 Å². The number of nitrogens with one attached hydrogen (secondary N) is 2. The van der Waals surface area contributed by atoms with Gasteiger partial charge in [0.15, 0.2) is 0 Å². The highest BCUT2D eigenvalue weighted by Gasteiger charge is 2.28. The monoisotopic (exact) mass is 349 g/mol. The highest BCUT2D eigenvalue weighted by Crippen LogP contribution is 2.29. The lowest BCUT2D eigenvalue weighted by Crippen LogP contribution is -2.45. The molecule has 0 aliphatic carbocycles. The fraction of sp³-hybridized carbons (Fsp3) is 0.737. The van der Waals surface area contributed by atoms with Crippen LogP contribution >= 0.6 is 11.3 Å². The first-order valence-electron chi connectivity index (χ1n) is 9.42. The van der Waals surface area contributed by atoms with Gasteiger partial charge in [0.1, 0.15) is 0 Å². The molecule has 4 nitrogen and oxygen atoms in total. The van der Waals surface area contributed by atoms with Crippen LogP contribution < -0.4 is 10.6 Å². The zero-order chi connectivity index (χ0) is 16.9. The van der Waals surface area contributed by atoms with Crippen molar-refractivity contribution in [1.82, 2.24) is 15.5 Å². The van der Waals surface area contributed by atoms with Gasteiger partial charge < -0.3 is 10.6 Å². The van der Waals surface area contributed by atoms with Crippen molar-refractivity contribution < 1.29 is 4.79 Å². The third-order valence-electron chi connectivity index (χ3n) is 5.59. The molecule has 1 aromatic rings. The van der Waals surface area contributed by atoms with E-state index in [1.165, 1.54) is 17.7 Å². The molecule has 134 valence electrons. The summed E-state index contributed by atoms with van der Waals surface area (Å²) < 4.78 is 0. The van der Waals surface area contributed by atoms with Crippen LogP contribution in [0.1, 0.15) is 50.4 Å². The van der Waals surface area contributed by atoms with Crippen molar-refractivity contribution in [2.24, 2.45) is 11.8 Å². The number of carbonyl (C=O) groups is 1. The first kappa shape index (κ1) is 17.9. The number of hydrogen-bond acceptors (Lipinski definition) is 4. The molecule has 2 aliphatic rings. The second kappa shape index (κ2) is 8.45. The molecule has 3 atom stereocenters. The first-order chi connectivity index (χ1) is 11.6. The minimum Gasteiger partial charge on any atom is -0.354 e. The Morgan fingerprint density at radius 3 is 2.83 bits per heavy atom. The average Bonchev–Trinajstić information content (AvgIpc) is 3.11.